The van der Waals surface area contributed by atoms with E-state index in [9.17, 15) is 9.59 Å². The number of benzene rings is 1. The molecule has 0 atom stereocenters. The molecule has 0 aliphatic carbocycles. The molecule has 0 saturated carbocycles. The lowest BCUT2D eigenvalue weighted by Crippen LogP contribution is -2.14. The third kappa shape index (κ3) is 3.11. The Labute approximate surface area is 115 Å². The molecule has 1 heterocycles. The molecule has 0 unspecified atom stereocenters. The fourth-order valence-corrected chi connectivity index (χ4v) is 1.61. The summed E-state index contributed by atoms with van der Waals surface area (Å²) in [5, 5.41) is 2.64. The Morgan fingerprint density at radius 1 is 1.25 bits per heavy atom. The molecule has 0 bridgehead atoms. The molecular weight excluding hydrogens is 258 g/mol. The number of hydrogen-bond acceptors (Lipinski definition) is 5. The summed E-state index contributed by atoms with van der Waals surface area (Å²) < 4.78 is 4.62. The number of hydrogen-bond donors (Lipinski definition) is 2. The fraction of sp³-hybridized carbons (Fsp3) is 0.0714. The molecule has 2 aromatic rings. The van der Waals surface area contributed by atoms with Crippen LogP contribution in [0.2, 0.25) is 0 Å². The van der Waals surface area contributed by atoms with E-state index in [2.05, 4.69) is 15.0 Å². The monoisotopic (exact) mass is 271 g/mol. The van der Waals surface area contributed by atoms with Crippen molar-refractivity contribution in [1.82, 2.24) is 4.98 Å². The fourth-order valence-electron chi connectivity index (χ4n) is 1.61. The van der Waals surface area contributed by atoms with Gasteiger partial charge >= 0.3 is 5.97 Å². The van der Waals surface area contributed by atoms with Crippen LogP contribution in [0, 0.1) is 0 Å². The molecule has 2 rings (SSSR count). The first-order valence-corrected chi connectivity index (χ1v) is 5.81. The van der Waals surface area contributed by atoms with Crippen LogP contribution in [0.4, 0.5) is 11.4 Å². The van der Waals surface area contributed by atoms with E-state index in [1.165, 1.54) is 25.4 Å². The van der Waals surface area contributed by atoms with E-state index in [-0.39, 0.29) is 5.69 Å². The molecule has 1 aromatic carbocycles. The van der Waals surface area contributed by atoms with Gasteiger partial charge in [0, 0.05) is 17.6 Å². The van der Waals surface area contributed by atoms with Gasteiger partial charge in [-0.3, -0.25) is 9.78 Å². The summed E-state index contributed by atoms with van der Waals surface area (Å²) in [6.07, 6.45) is 1.45. The van der Waals surface area contributed by atoms with Crippen molar-refractivity contribution in [3.63, 3.8) is 0 Å². The van der Waals surface area contributed by atoms with Crippen LogP contribution in [0.3, 0.4) is 0 Å². The van der Waals surface area contributed by atoms with Crippen LogP contribution in [-0.2, 0) is 4.74 Å². The maximum absolute atomic E-state index is 12.0. The van der Waals surface area contributed by atoms with Crippen LogP contribution in [0.5, 0.6) is 0 Å². The van der Waals surface area contributed by atoms with Crippen molar-refractivity contribution in [2.24, 2.45) is 0 Å². The van der Waals surface area contributed by atoms with E-state index in [1.807, 2.05) is 0 Å². The minimum Gasteiger partial charge on any atom is -0.465 e. The highest BCUT2D eigenvalue weighted by Gasteiger charge is 2.10. The van der Waals surface area contributed by atoms with Crippen LogP contribution >= 0.6 is 0 Å². The van der Waals surface area contributed by atoms with Crippen LogP contribution in [-0.4, -0.2) is 24.0 Å². The van der Waals surface area contributed by atoms with Gasteiger partial charge in [-0.2, -0.15) is 0 Å². The van der Waals surface area contributed by atoms with Crippen molar-refractivity contribution in [2.45, 2.75) is 0 Å². The number of carbonyl (C=O) groups excluding carboxylic acids is 2. The molecule has 0 aliphatic rings. The summed E-state index contributed by atoms with van der Waals surface area (Å²) in [6, 6.07) is 9.50. The Hall–Kier alpha value is -2.89. The number of methoxy groups -OCH3 is 1. The molecule has 0 fully saturated rings. The van der Waals surface area contributed by atoms with Gasteiger partial charge in [-0.05, 0) is 30.3 Å². The molecular formula is C14H13N3O3. The second kappa shape index (κ2) is 5.83. The highest BCUT2D eigenvalue weighted by Crippen LogP contribution is 2.13. The smallest absolute Gasteiger partial charge is 0.337 e. The van der Waals surface area contributed by atoms with E-state index in [1.54, 1.807) is 24.3 Å². The summed E-state index contributed by atoms with van der Waals surface area (Å²) in [4.78, 5) is 27.3. The van der Waals surface area contributed by atoms with E-state index in [0.717, 1.165) is 0 Å². The molecule has 3 N–H and O–H groups in total. The molecule has 1 amide bonds. The lowest BCUT2D eigenvalue weighted by molar-refractivity contribution is 0.0600. The quantitative estimate of drug-likeness (QED) is 0.828. The maximum Gasteiger partial charge on any atom is 0.337 e. The summed E-state index contributed by atoms with van der Waals surface area (Å²) in [6.45, 7) is 0. The van der Waals surface area contributed by atoms with Gasteiger partial charge in [0.1, 0.15) is 5.69 Å². The van der Waals surface area contributed by atoms with Crippen molar-refractivity contribution in [1.29, 1.82) is 0 Å². The third-order valence-corrected chi connectivity index (χ3v) is 2.56. The van der Waals surface area contributed by atoms with Crippen molar-refractivity contribution < 1.29 is 14.3 Å². The normalized spacial score (nSPS) is 9.85. The molecule has 0 aliphatic heterocycles. The SMILES string of the molecule is COC(=O)c1cccc(NC(=O)c2cc(N)ccn2)c1. The van der Waals surface area contributed by atoms with Gasteiger partial charge in [-0.15, -0.1) is 0 Å². The number of nitrogens with zero attached hydrogens (tertiary/aromatic N) is 1. The zero-order valence-corrected chi connectivity index (χ0v) is 10.8. The minimum absolute atomic E-state index is 0.202. The average molecular weight is 271 g/mol. The highest BCUT2D eigenvalue weighted by molar-refractivity contribution is 6.04. The average Bonchev–Trinajstić information content (AvgIpc) is 2.46. The van der Waals surface area contributed by atoms with Gasteiger partial charge < -0.3 is 15.8 Å². The van der Waals surface area contributed by atoms with Crippen molar-refractivity contribution in [3.05, 3.63) is 53.9 Å². The number of carbonyl (C=O) groups is 2. The molecule has 6 heteroatoms. The summed E-state index contributed by atoms with van der Waals surface area (Å²) in [5.74, 6) is -0.873. The number of nitrogens with one attached hydrogen (secondary N) is 1. The van der Waals surface area contributed by atoms with Crippen molar-refractivity contribution >= 4 is 23.3 Å². The number of aromatic nitrogens is 1. The number of amides is 1. The van der Waals surface area contributed by atoms with Crippen molar-refractivity contribution in [2.75, 3.05) is 18.2 Å². The van der Waals surface area contributed by atoms with Crippen LogP contribution in [0.25, 0.3) is 0 Å². The van der Waals surface area contributed by atoms with Crippen LogP contribution in [0.15, 0.2) is 42.6 Å². The van der Waals surface area contributed by atoms with Crippen LogP contribution < -0.4 is 11.1 Å². The zero-order chi connectivity index (χ0) is 14.5. The highest BCUT2D eigenvalue weighted by atomic mass is 16.5. The lowest BCUT2D eigenvalue weighted by atomic mass is 10.2. The number of nitrogen functional groups attached to an aromatic ring is 1. The molecule has 102 valence electrons. The van der Waals surface area contributed by atoms with Gasteiger partial charge in [-0.1, -0.05) is 6.07 Å². The Balaban J connectivity index is 2.18. The van der Waals surface area contributed by atoms with E-state index in [4.69, 9.17) is 5.73 Å². The largest absolute Gasteiger partial charge is 0.465 e. The number of anilines is 2. The van der Waals surface area contributed by atoms with E-state index >= 15 is 0 Å². The molecule has 0 radical (unpaired) electrons. The van der Waals surface area contributed by atoms with Gasteiger partial charge in [-0.25, -0.2) is 4.79 Å². The molecule has 6 nitrogen and oxygen atoms in total. The number of ether oxygens (including phenoxy) is 1. The standard InChI is InChI=1S/C14H13N3O3/c1-20-14(19)9-3-2-4-11(7-9)17-13(18)12-8-10(15)5-6-16-12/h2-8H,1H3,(H2,15,16)(H,17,18). The number of rotatable bonds is 3. The first-order chi connectivity index (χ1) is 9.60. The predicted molar refractivity (Wildman–Crippen MR) is 74.4 cm³/mol. The molecule has 20 heavy (non-hydrogen) atoms. The van der Waals surface area contributed by atoms with Gasteiger partial charge in [0.05, 0.1) is 12.7 Å². The maximum atomic E-state index is 12.0. The van der Waals surface area contributed by atoms with Gasteiger partial charge in [0.25, 0.3) is 5.91 Å². The Bertz CT molecular complexity index is 656. The van der Waals surface area contributed by atoms with E-state index in [0.29, 0.717) is 16.9 Å². The Morgan fingerprint density at radius 2 is 2.05 bits per heavy atom. The lowest BCUT2D eigenvalue weighted by Gasteiger charge is -2.06. The first kappa shape index (κ1) is 13.5. The Kier molecular flexibility index (Phi) is 3.95. The minimum atomic E-state index is -0.469. The molecule has 1 aromatic heterocycles. The Morgan fingerprint density at radius 3 is 2.75 bits per heavy atom. The van der Waals surface area contributed by atoms with Gasteiger partial charge in [0.15, 0.2) is 0 Å². The number of esters is 1. The second-order valence-electron chi connectivity index (χ2n) is 4.00. The number of nitrogens with two attached hydrogens (primary N) is 1. The summed E-state index contributed by atoms with van der Waals surface area (Å²) in [7, 11) is 1.30. The van der Waals surface area contributed by atoms with Gasteiger partial charge in [0.2, 0.25) is 0 Å². The zero-order valence-electron chi connectivity index (χ0n) is 10.8. The van der Waals surface area contributed by atoms with Crippen LogP contribution in [0.1, 0.15) is 20.8 Å². The predicted octanol–water partition coefficient (Wildman–Crippen LogP) is 1.70. The second-order valence-corrected chi connectivity index (χ2v) is 4.00. The topological polar surface area (TPSA) is 94.3 Å². The van der Waals surface area contributed by atoms with Crippen molar-refractivity contribution in [3.8, 4) is 0 Å². The summed E-state index contributed by atoms with van der Waals surface area (Å²) >= 11 is 0. The number of pyridine rings is 1. The third-order valence-electron chi connectivity index (χ3n) is 2.56. The first-order valence-electron chi connectivity index (χ1n) is 5.81. The molecule has 0 spiro atoms. The molecule has 0 saturated heterocycles. The van der Waals surface area contributed by atoms with E-state index < -0.39 is 11.9 Å². The summed E-state index contributed by atoms with van der Waals surface area (Å²) in [5.41, 5.74) is 7.07.